The van der Waals surface area contributed by atoms with Gasteiger partial charge in [-0.2, -0.15) is 0 Å². The third-order valence-corrected chi connectivity index (χ3v) is 5.95. The van der Waals surface area contributed by atoms with E-state index >= 15 is 0 Å². The molecule has 0 fully saturated rings. The van der Waals surface area contributed by atoms with Crippen molar-refractivity contribution in [1.29, 1.82) is 0 Å². The molecule has 0 saturated heterocycles. The molecule has 27 heavy (non-hydrogen) atoms. The number of ether oxygens (including phenoxy) is 1. The molecule has 2 rings (SSSR count). The van der Waals surface area contributed by atoms with Crippen LogP contribution in [0.1, 0.15) is 41.5 Å². The molecule has 1 aliphatic rings. The fourth-order valence-corrected chi connectivity index (χ4v) is 3.75. The summed E-state index contributed by atoms with van der Waals surface area (Å²) in [6.07, 6.45) is 0. The molecule has 0 spiro atoms. The molecule has 0 saturated carbocycles. The van der Waals surface area contributed by atoms with Crippen LogP contribution in [0.15, 0.2) is 33.3 Å². The molecule has 0 aliphatic carbocycles. The van der Waals surface area contributed by atoms with E-state index in [1.807, 2.05) is 20.8 Å². The zero-order valence-corrected chi connectivity index (χ0v) is 18.7. The number of hydrogen-bond donors (Lipinski definition) is 1. The van der Waals surface area contributed by atoms with E-state index in [1.165, 1.54) is 34.9 Å². The number of benzene rings is 1. The maximum absolute atomic E-state index is 13.5. The SMILES string of the molecule is CC1=C(SC(C)(C)C)C(=O)N(C(C)(C)C(=O)Nc2cc(F)ccc2Br)CO1. The lowest BCUT2D eigenvalue weighted by Gasteiger charge is -2.40. The average molecular weight is 459 g/mol. The molecular weight excluding hydrogens is 435 g/mol. The summed E-state index contributed by atoms with van der Waals surface area (Å²) >= 11 is 4.70. The lowest BCUT2D eigenvalue weighted by molar-refractivity contribution is -0.148. The smallest absolute Gasteiger partial charge is 0.267 e. The van der Waals surface area contributed by atoms with E-state index in [4.69, 9.17) is 4.74 Å². The van der Waals surface area contributed by atoms with Crippen LogP contribution in [0.25, 0.3) is 0 Å². The van der Waals surface area contributed by atoms with Crippen molar-refractivity contribution >= 4 is 45.2 Å². The van der Waals surface area contributed by atoms with Gasteiger partial charge in [0.25, 0.3) is 5.91 Å². The molecule has 1 N–H and O–H groups in total. The Hall–Kier alpha value is -1.54. The Morgan fingerprint density at radius 1 is 1.30 bits per heavy atom. The third kappa shape index (κ3) is 5.04. The summed E-state index contributed by atoms with van der Waals surface area (Å²) in [5.41, 5.74) is -0.901. The van der Waals surface area contributed by atoms with Crippen molar-refractivity contribution in [3.8, 4) is 0 Å². The van der Waals surface area contributed by atoms with Crippen LogP contribution in [0.5, 0.6) is 0 Å². The van der Waals surface area contributed by atoms with Crippen LogP contribution >= 0.6 is 27.7 Å². The van der Waals surface area contributed by atoms with Gasteiger partial charge in [-0.3, -0.25) is 14.5 Å². The topological polar surface area (TPSA) is 58.6 Å². The van der Waals surface area contributed by atoms with Crippen molar-refractivity contribution < 1.29 is 18.7 Å². The summed E-state index contributed by atoms with van der Waals surface area (Å²) in [4.78, 5) is 27.8. The number of carbonyl (C=O) groups excluding carboxylic acids is 2. The lowest BCUT2D eigenvalue weighted by atomic mass is 10.0. The molecule has 8 heteroatoms. The Balaban J connectivity index is 2.26. The highest BCUT2D eigenvalue weighted by molar-refractivity contribution is 9.10. The van der Waals surface area contributed by atoms with Gasteiger partial charge in [0.2, 0.25) is 5.91 Å². The minimum Gasteiger partial charge on any atom is -0.476 e. The van der Waals surface area contributed by atoms with Gasteiger partial charge in [-0.1, -0.05) is 20.8 Å². The highest BCUT2D eigenvalue weighted by atomic mass is 79.9. The second-order valence-electron chi connectivity index (χ2n) is 7.74. The number of thioether (sulfide) groups is 1. The number of halogens is 2. The van der Waals surface area contributed by atoms with E-state index < -0.39 is 17.3 Å². The molecule has 0 unspecified atom stereocenters. The summed E-state index contributed by atoms with van der Waals surface area (Å²) in [6.45, 7) is 11.0. The molecule has 1 heterocycles. The fourth-order valence-electron chi connectivity index (χ4n) is 2.39. The first-order chi connectivity index (χ1) is 12.3. The van der Waals surface area contributed by atoms with Crippen molar-refractivity contribution in [3.63, 3.8) is 0 Å². The highest BCUT2D eigenvalue weighted by Gasteiger charge is 2.43. The van der Waals surface area contributed by atoms with Crippen LogP contribution in [0.2, 0.25) is 0 Å². The summed E-state index contributed by atoms with van der Waals surface area (Å²) in [7, 11) is 0. The monoisotopic (exact) mass is 458 g/mol. The van der Waals surface area contributed by atoms with Gasteiger partial charge in [-0.15, -0.1) is 11.8 Å². The van der Waals surface area contributed by atoms with E-state index in [1.54, 1.807) is 20.8 Å². The van der Waals surface area contributed by atoms with E-state index in [0.717, 1.165) is 0 Å². The van der Waals surface area contributed by atoms with E-state index in [0.29, 0.717) is 20.8 Å². The van der Waals surface area contributed by atoms with Gasteiger partial charge in [0, 0.05) is 9.22 Å². The minimum absolute atomic E-state index is 0.0242. The molecule has 2 amide bonds. The van der Waals surface area contributed by atoms with Crippen LogP contribution in [-0.2, 0) is 14.3 Å². The van der Waals surface area contributed by atoms with Gasteiger partial charge in [-0.05, 0) is 54.9 Å². The second kappa shape index (κ2) is 7.83. The van der Waals surface area contributed by atoms with E-state index in [9.17, 15) is 14.0 Å². The van der Waals surface area contributed by atoms with Crippen LogP contribution < -0.4 is 5.32 Å². The van der Waals surface area contributed by atoms with Crippen LogP contribution in [-0.4, -0.2) is 33.7 Å². The van der Waals surface area contributed by atoms with Crippen molar-refractivity contribution in [2.45, 2.75) is 51.8 Å². The predicted octanol–water partition coefficient (Wildman–Crippen LogP) is 4.88. The number of carbonyl (C=O) groups is 2. The zero-order valence-electron chi connectivity index (χ0n) is 16.3. The van der Waals surface area contributed by atoms with Gasteiger partial charge < -0.3 is 10.1 Å². The van der Waals surface area contributed by atoms with Gasteiger partial charge in [0.05, 0.1) is 5.69 Å². The predicted molar refractivity (Wildman–Crippen MR) is 110 cm³/mol. The molecule has 1 aliphatic heterocycles. The number of rotatable bonds is 4. The summed E-state index contributed by atoms with van der Waals surface area (Å²) in [6, 6.07) is 4.02. The van der Waals surface area contributed by atoms with Crippen molar-refractivity contribution in [2.75, 3.05) is 12.0 Å². The van der Waals surface area contributed by atoms with E-state index in [-0.39, 0.29) is 17.4 Å². The fraction of sp³-hybridized carbons (Fsp3) is 0.474. The van der Waals surface area contributed by atoms with Crippen molar-refractivity contribution in [3.05, 3.63) is 39.2 Å². The summed E-state index contributed by atoms with van der Waals surface area (Å²) in [5.74, 6) is -0.603. The number of nitrogens with zero attached hydrogens (tertiary/aromatic N) is 1. The number of hydrogen-bond acceptors (Lipinski definition) is 4. The first-order valence-corrected chi connectivity index (χ1v) is 10.0. The highest BCUT2D eigenvalue weighted by Crippen LogP contribution is 2.38. The van der Waals surface area contributed by atoms with Gasteiger partial charge in [0.15, 0.2) is 6.73 Å². The summed E-state index contributed by atoms with van der Waals surface area (Å²) < 4.78 is 19.5. The maximum atomic E-state index is 13.5. The second-order valence-corrected chi connectivity index (χ2v) is 10.4. The van der Waals surface area contributed by atoms with Crippen LogP contribution in [0.3, 0.4) is 0 Å². The molecule has 5 nitrogen and oxygen atoms in total. The van der Waals surface area contributed by atoms with Gasteiger partial charge >= 0.3 is 0 Å². The number of amides is 2. The maximum Gasteiger partial charge on any atom is 0.267 e. The van der Waals surface area contributed by atoms with Gasteiger partial charge in [-0.25, -0.2) is 4.39 Å². The average Bonchev–Trinajstić information content (AvgIpc) is 2.53. The molecular formula is C19H24BrFN2O3S. The number of nitrogens with one attached hydrogen (secondary N) is 1. The van der Waals surface area contributed by atoms with Crippen molar-refractivity contribution in [1.82, 2.24) is 4.90 Å². The normalized spacial score (nSPS) is 15.7. The lowest BCUT2D eigenvalue weighted by Crippen LogP contribution is -2.57. The molecule has 1 aromatic carbocycles. The Kier molecular flexibility index (Phi) is 6.31. The molecule has 0 bridgehead atoms. The first kappa shape index (κ1) is 21.8. The minimum atomic E-state index is -1.20. The van der Waals surface area contributed by atoms with Crippen LogP contribution in [0, 0.1) is 5.82 Å². The molecule has 0 atom stereocenters. The Morgan fingerprint density at radius 2 is 1.93 bits per heavy atom. The van der Waals surface area contributed by atoms with Crippen molar-refractivity contribution in [2.24, 2.45) is 0 Å². The summed E-state index contributed by atoms with van der Waals surface area (Å²) in [5, 5.41) is 2.69. The van der Waals surface area contributed by atoms with Gasteiger partial charge in [0.1, 0.15) is 22.0 Å². The quantitative estimate of drug-likeness (QED) is 0.697. The standard InChI is InChI=1S/C19H24BrFN2O3S/c1-11-15(27-18(2,3)4)16(24)23(10-26-11)19(5,6)17(25)22-14-9-12(21)7-8-13(14)20/h7-9H,10H2,1-6H3,(H,22,25). The Labute approximate surface area is 171 Å². The third-order valence-electron chi connectivity index (χ3n) is 3.98. The largest absolute Gasteiger partial charge is 0.476 e. The Morgan fingerprint density at radius 3 is 2.52 bits per heavy atom. The number of anilines is 1. The Bertz CT molecular complexity index is 803. The number of allylic oxidation sites excluding steroid dienone is 1. The zero-order chi connectivity index (χ0) is 20.6. The molecule has 0 aromatic heterocycles. The van der Waals surface area contributed by atoms with E-state index in [2.05, 4.69) is 21.2 Å². The van der Waals surface area contributed by atoms with Crippen LogP contribution in [0.4, 0.5) is 10.1 Å². The first-order valence-electron chi connectivity index (χ1n) is 8.44. The molecule has 0 radical (unpaired) electrons. The molecule has 148 valence electrons. The molecule has 1 aromatic rings.